The van der Waals surface area contributed by atoms with Gasteiger partial charge in [0.15, 0.2) is 5.16 Å². The quantitative estimate of drug-likeness (QED) is 0.727. The van der Waals surface area contributed by atoms with Gasteiger partial charge < -0.3 is 5.11 Å². The van der Waals surface area contributed by atoms with Gasteiger partial charge in [0.2, 0.25) is 0 Å². The third kappa shape index (κ3) is 3.63. The minimum atomic E-state index is 0.0778. The first kappa shape index (κ1) is 15.8. The Balaban J connectivity index is 1.78. The fraction of sp³-hybridized carbons (Fsp3) is 0.222. The van der Waals surface area contributed by atoms with E-state index in [4.69, 9.17) is 5.11 Å². The monoisotopic (exact) mass is 325 g/mol. The van der Waals surface area contributed by atoms with E-state index >= 15 is 0 Å². The molecule has 0 saturated heterocycles. The summed E-state index contributed by atoms with van der Waals surface area (Å²) in [6, 6.07) is 14.3. The maximum atomic E-state index is 9.09. The van der Waals surface area contributed by atoms with Crippen LogP contribution in [0.3, 0.4) is 0 Å². The van der Waals surface area contributed by atoms with E-state index in [0.717, 1.165) is 22.2 Å². The molecule has 0 amide bonds. The van der Waals surface area contributed by atoms with Crippen molar-refractivity contribution in [2.24, 2.45) is 0 Å². The molecule has 2 aromatic carbocycles. The average molecular weight is 325 g/mol. The van der Waals surface area contributed by atoms with E-state index in [0.29, 0.717) is 0 Å². The van der Waals surface area contributed by atoms with Crippen LogP contribution in [-0.2, 0) is 12.4 Å². The number of hydrogen-bond donors (Lipinski definition) is 1. The number of thioether (sulfide) groups is 1. The second-order valence-electron chi connectivity index (χ2n) is 5.54. The van der Waals surface area contributed by atoms with Crippen LogP contribution < -0.4 is 0 Å². The van der Waals surface area contributed by atoms with Gasteiger partial charge >= 0.3 is 0 Å². The van der Waals surface area contributed by atoms with Crippen LogP contribution in [0, 0.1) is 13.8 Å². The summed E-state index contributed by atoms with van der Waals surface area (Å²) >= 11 is 1.65. The summed E-state index contributed by atoms with van der Waals surface area (Å²) in [5, 5.41) is 18.3. The zero-order valence-corrected chi connectivity index (χ0v) is 14.0. The fourth-order valence-electron chi connectivity index (χ4n) is 2.45. The molecule has 0 radical (unpaired) electrons. The molecule has 3 rings (SSSR count). The van der Waals surface area contributed by atoms with Gasteiger partial charge in [-0.05, 0) is 36.6 Å². The van der Waals surface area contributed by atoms with Gasteiger partial charge in [-0.2, -0.15) is 0 Å². The predicted molar refractivity (Wildman–Crippen MR) is 92.8 cm³/mol. The van der Waals surface area contributed by atoms with Crippen molar-refractivity contribution < 1.29 is 5.11 Å². The van der Waals surface area contributed by atoms with Gasteiger partial charge in [0, 0.05) is 5.75 Å². The fourth-order valence-corrected chi connectivity index (χ4v) is 3.33. The molecule has 0 atom stereocenters. The highest BCUT2D eigenvalue weighted by molar-refractivity contribution is 7.98. The minimum absolute atomic E-state index is 0.0778. The third-order valence-corrected chi connectivity index (χ3v) is 4.72. The van der Waals surface area contributed by atoms with Gasteiger partial charge in [-0.15, -0.1) is 10.2 Å². The second-order valence-corrected chi connectivity index (χ2v) is 6.48. The topological polar surface area (TPSA) is 50.9 Å². The summed E-state index contributed by atoms with van der Waals surface area (Å²) in [5.41, 5.74) is 5.69. The van der Waals surface area contributed by atoms with Crippen LogP contribution in [0.5, 0.6) is 0 Å². The lowest BCUT2D eigenvalue weighted by Crippen LogP contribution is -1.98. The second kappa shape index (κ2) is 6.98. The Morgan fingerprint density at radius 3 is 2.48 bits per heavy atom. The Morgan fingerprint density at radius 2 is 1.78 bits per heavy atom. The highest BCUT2D eigenvalue weighted by Gasteiger charge is 2.09. The number of hydrogen-bond acceptors (Lipinski definition) is 4. The van der Waals surface area contributed by atoms with E-state index in [2.05, 4.69) is 42.2 Å². The molecule has 3 aromatic rings. The SMILES string of the molecule is Cc1ccc(-n2cnnc2SCc2ccc(CO)cc2)c(C)c1. The highest BCUT2D eigenvalue weighted by Crippen LogP contribution is 2.25. The lowest BCUT2D eigenvalue weighted by molar-refractivity contribution is 0.282. The van der Waals surface area contributed by atoms with E-state index in [9.17, 15) is 0 Å². The smallest absolute Gasteiger partial charge is 0.195 e. The Bertz CT molecular complexity index is 796. The van der Waals surface area contributed by atoms with Crippen molar-refractivity contribution in [3.05, 3.63) is 71.0 Å². The lowest BCUT2D eigenvalue weighted by Gasteiger charge is -2.10. The first-order valence-electron chi connectivity index (χ1n) is 7.46. The minimum Gasteiger partial charge on any atom is -0.392 e. The van der Waals surface area contributed by atoms with Crippen molar-refractivity contribution >= 4 is 11.8 Å². The molecule has 118 valence electrons. The van der Waals surface area contributed by atoms with Crippen molar-refractivity contribution in [1.82, 2.24) is 14.8 Å². The van der Waals surface area contributed by atoms with E-state index in [1.807, 2.05) is 28.8 Å². The highest BCUT2D eigenvalue weighted by atomic mass is 32.2. The molecule has 1 aromatic heterocycles. The molecule has 4 nitrogen and oxygen atoms in total. The van der Waals surface area contributed by atoms with Crippen LogP contribution in [0.4, 0.5) is 0 Å². The molecule has 0 aliphatic rings. The molecule has 0 aliphatic heterocycles. The van der Waals surface area contributed by atoms with Gasteiger partial charge in [-0.3, -0.25) is 4.57 Å². The van der Waals surface area contributed by atoms with Crippen molar-refractivity contribution in [3.63, 3.8) is 0 Å². The normalized spacial score (nSPS) is 10.9. The summed E-state index contributed by atoms with van der Waals surface area (Å²) in [6.07, 6.45) is 1.76. The Hall–Kier alpha value is -2.11. The molecule has 0 fully saturated rings. The van der Waals surface area contributed by atoms with Crippen LogP contribution in [0.25, 0.3) is 5.69 Å². The van der Waals surface area contributed by atoms with Gasteiger partial charge in [-0.25, -0.2) is 0 Å². The molecule has 0 bridgehead atoms. The zero-order valence-electron chi connectivity index (χ0n) is 13.2. The first-order chi connectivity index (χ1) is 11.2. The summed E-state index contributed by atoms with van der Waals surface area (Å²) in [6.45, 7) is 4.27. The number of aliphatic hydroxyl groups is 1. The molecular formula is C18H19N3OS. The molecule has 0 spiro atoms. The maximum absolute atomic E-state index is 9.09. The Kier molecular flexibility index (Phi) is 4.79. The molecule has 0 aliphatic carbocycles. The number of aliphatic hydroxyl groups excluding tert-OH is 1. The van der Waals surface area contributed by atoms with Crippen LogP contribution >= 0.6 is 11.8 Å². The molecular weight excluding hydrogens is 306 g/mol. The molecule has 1 heterocycles. The summed E-state index contributed by atoms with van der Waals surface area (Å²) in [4.78, 5) is 0. The molecule has 0 unspecified atom stereocenters. The number of rotatable bonds is 5. The average Bonchev–Trinajstić information content (AvgIpc) is 3.01. The van der Waals surface area contributed by atoms with Crippen molar-refractivity contribution in [3.8, 4) is 5.69 Å². The van der Waals surface area contributed by atoms with E-state index < -0.39 is 0 Å². The van der Waals surface area contributed by atoms with E-state index in [1.165, 1.54) is 16.7 Å². The first-order valence-corrected chi connectivity index (χ1v) is 8.45. The molecule has 0 saturated carbocycles. The zero-order chi connectivity index (χ0) is 16.2. The molecule has 5 heteroatoms. The van der Waals surface area contributed by atoms with Gasteiger partial charge in [-0.1, -0.05) is 53.7 Å². The Morgan fingerprint density at radius 1 is 1.04 bits per heavy atom. The summed E-state index contributed by atoms with van der Waals surface area (Å²) in [7, 11) is 0. The third-order valence-electron chi connectivity index (χ3n) is 3.70. The van der Waals surface area contributed by atoms with Crippen molar-refractivity contribution in [2.45, 2.75) is 31.4 Å². The van der Waals surface area contributed by atoms with Crippen LogP contribution in [0.2, 0.25) is 0 Å². The number of benzene rings is 2. The summed E-state index contributed by atoms with van der Waals surface area (Å²) < 4.78 is 2.03. The van der Waals surface area contributed by atoms with Crippen LogP contribution in [-0.4, -0.2) is 19.9 Å². The van der Waals surface area contributed by atoms with Crippen molar-refractivity contribution in [2.75, 3.05) is 0 Å². The standard InChI is InChI=1S/C18H19N3OS/c1-13-3-8-17(14(2)9-13)21-12-19-20-18(21)23-11-16-6-4-15(10-22)5-7-16/h3-9,12,22H,10-11H2,1-2H3. The molecule has 23 heavy (non-hydrogen) atoms. The van der Waals surface area contributed by atoms with Crippen LogP contribution in [0.15, 0.2) is 53.9 Å². The summed E-state index contributed by atoms with van der Waals surface area (Å²) in [5.74, 6) is 0.815. The predicted octanol–water partition coefficient (Wildman–Crippen LogP) is 3.67. The van der Waals surface area contributed by atoms with Gasteiger partial charge in [0.1, 0.15) is 6.33 Å². The van der Waals surface area contributed by atoms with Gasteiger partial charge in [0.05, 0.1) is 12.3 Å². The molecule has 1 N–H and O–H groups in total. The number of aromatic nitrogens is 3. The van der Waals surface area contributed by atoms with Crippen molar-refractivity contribution in [1.29, 1.82) is 0 Å². The van der Waals surface area contributed by atoms with Crippen LogP contribution in [0.1, 0.15) is 22.3 Å². The van der Waals surface area contributed by atoms with E-state index in [-0.39, 0.29) is 6.61 Å². The lowest BCUT2D eigenvalue weighted by atomic mass is 10.1. The number of nitrogens with zero attached hydrogens (tertiary/aromatic N) is 3. The Labute approximate surface area is 140 Å². The maximum Gasteiger partial charge on any atom is 0.195 e. The number of aryl methyl sites for hydroxylation is 2. The largest absolute Gasteiger partial charge is 0.392 e. The van der Waals surface area contributed by atoms with E-state index in [1.54, 1.807) is 18.1 Å². The van der Waals surface area contributed by atoms with Gasteiger partial charge in [0.25, 0.3) is 0 Å².